The van der Waals surface area contributed by atoms with Gasteiger partial charge in [0.25, 0.3) is 5.91 Å². The van der Waals surface area contributed by atoms with Gasteiger partial charge in [-0.2, -0.15) is 5.26 Å². The number of anilines is 1. The normalized spacial score (nSPS) is 25.2. The molecule has 1 N–H and O–H groups in total. The summed E-state index contributed by atoms with van der Waals surface area (Å²) >= 11 is 0. The fourth-order valence-electron chi connectivity index (χ4n) is 5.02. The number of hydrogen-bond acceptors (Lipinski definition) is 5. The van der Waals surface area contributed by atoms with Crippen LogP contribution < -0.4 is 10.2 Å². The van der Waals surface area contributed by atoms with Crippen LogP contribution in [0, 0.1) is 22.7 Å². The number of carbonyl (C=O) groups is 1. The molecule has 2 saturated carbocycles. The second kappa shape index (κ2) is 8.55. The Kier molecular flexibility index (Phi) is 6.02. The first-order chi connectivity index (χ1) is 14.4. The van der Waals surface area contributed by atoms with E-state index in [9.17, 15) is 10.1 Å². The molecule has 4 rings (SSSR count). The minimum Gasteiger partial charge on any atom is -0.367 e. The Morgan fingerprint density at radius 3 is 2.57 bits per heavy atom. The lowest BCUT2D eigenvalue weighted by molar-refractivity contribution is 0.0946. The van der Waals surface area contributed by atoms with Gasteiger partial charge in [0.05, 0.1) is 5.69 Å². The van der Waals surface area contributed by atoms with Crippen molar-refractivity contribution in [2.24, 2.45) is 11.3 Å². The Bertz CT molecular complexity index is 817. The number of pyridine rings is 1. The maximum absolute atomic E-state index is 12.3. The fourth-order valence-corrected chi connectivity index (χ4v) is 5.02. The molecule has 1 amide bonds. The fraction of sp³-hybridized carbons (Fsp3) is 0.708. The van der Waals surface area contributed by atoms with Crippen molar-refractivity contribution in [2.75, 3.05) is 31.1 Å². The third-order valence-electron chi connectivity index (χ3n) is 7.72. The van der Waals surface area contributed by atoms with Gasteiger partial charge in [0.1, 0.15) is 11.8 Å². The number of amides is 1. The van der Waals surface area contributed by atoms with E-state index in [-0.39, 0.29) is 11.9 Å². The molecule has 0 spiro atoms. The number of rotatable bonds is 6. The van der Waals surface area contributed by atoms with Crippen LogP contribution in [0.25, 0.3) is 0 Å². The monoisotopic (exact) mass is 409 g/mol. The predicted molar refractivity (Wildman–Crippen MR) is 118 cm³/mol. The summed E-state index contributed by atoms with van der Waals surface area (Å²) in [5.74, 6) is 0.658. The Hall–Kier alpha value is -2.13. The number of hydrogen-bond donors (Lipinski definition) is 1. The molecule has 6 nitrogen and oxygen atoms in total. The second-order valence-corrected chi connectivity index (χ2v) is 9.95. The molecule has 162 valence electrons. The minimum atomic E-state index is -0.170. The van der Waals surface area contributed by atoms with Crippen LogP contribution in [0.5, 0.6) is 0 Å². The predicted octanol–water partition coefficient (Wildman–Crippen LogP) is 3.57. The highest BCUT2D eigenvalue weighted by atomic mass is 16.2. The highest BCUT2D eigenvalue weighted by molar-refractivity contribution is 5.93. The lowest BCUT2D eigenvalue weighted by Gasteiger charge is -2.40. The molecule has 2 atom stereocenters. The summed E-state index contributed by atoms with van der Waals surface area (Å²) in [5.41, 5.74) is 2.00. The zero-order valence-corrected chi connectivity index (χ0v) is 18.7. The SMILES string of the molecule is CCC(C)(C)C1CC[C@@H](N2CCN(c3ccc(C(=O)NC4CC4)nc3C#N)CC2)C1. The van der Waals surface area contributed by atoms with E-state index in [1.807, 2.05) is 6.07 Å². The highest BCUT2D eigenvalue weighted by Crippen LogP contribution is 2.43. The van der Waals surface area contributed by atoms with E-state index in [2.05, 4.69) is 46.9 Å². The zero-order valence-electron chi connectivity index (χ0n) is 18.7. The smallest absolute Gasteiger partial charge is 0.270 e. The molecule has 6 heteroatoms. The highest BCUT2D eigenvalue weighted by Gasteiger charge is 2.38. The number of nitrogens with zero attached hydrogens (tertiary/aromatic N) is 4. The van der Waals surface area contributed by atoms with Gasteiger partial charge in [-0.1, -0.05) is 27.2 Å². The molecule has 0 aromatic carbocycles. The standard InChI is InChI=1S/C24H35N5O/c1-4-24(2,3)17-5-8-19(15-17)28-11-13-29(14-12-28)22-10-9-20(27-21(22)16-25)23(30)26-18-6-7-18/h9-10,17-19H,4-8,11-15H2,1-3H3,(H,26,30)/t17?,19-/m1/s1. The van der Waals surface area contributed by atoms with Crippen molar-refractivity contribution in [3.63, 3.8) is 0 Å². The molecule has 1 aliphatic heterocycles. The van der Waals surface area contributed by atoms with Gasteiger partial charge in [0, 0.05) is 38.3 Å². The van der Waals surface area contributed by atoms with Crippen molar-refractivity contribution in [3.8, 4) is 6.07 Å². The molecule has 0 radical (unpaired) electrons. The Labute approximate surface area is 180 Å². The molecule has 1 aromatic heterocycles. The largest absolute Gasteiger partial charge is 0.367 e. The average Bonchev–Trinajstić information content (AvgIpc) is 3.43. The van der Waals surface area contributed by atoms with E-state index in [1.165, 1.54) is 25.7 Å². The van der Waals surface area contributed by atoms with Gasteiger partial charge in [-0.3, -0.25) is 9.69 Å². The summed E-state index contributed by atoms with van der Waals surface area (Å²) < 4.78 is 0. The molecule has 1 aromatic rings. The maximum atomic E-state index is 12.3. The van der Waals surface area contributed by atoms with E-state index in [0.717, 1.165) is 50.6 Å². The number of piperazine rings is 1. The molecule has 30 heavy (non-hydrogen) atoms. The Morgan fingerprint density at radius 1 is 1.20 bits per heavy atom. The van der Waals surface area contributed by atoms with Crippen LogP contribution in [0.4, 0.5) is 5.69 Å². The van der Waals surface area contributed by atoms with Crippen molar-refractivity contribution >= 4 is 11.6 Å². The molecule has 1 saturated heterocycles. The number of nitrogens with one attached hydrogen (secondary N) is 1. The van der Waals surface area contributed by atoms with E-state index < -0.39 is 0 Å². The van der Waals surface area contributed by atoms with Crippen LogP contribution in [-0.2, 0) is 0 Å². The molecule has 2 aliphatic carbocycles. The first-order valence-corrected chi connectivity index (χ1v) is 11.6. The van der Waals surface area contributed by atoms with Gasteiger partial charge in [0.2, 0.25) is 0 Å². The number of aromatic nitrogens is 1. The van der Waals surface area contributed by atoms with Crippen LogP contribution in [0.15, 0.2) is 12.1 Å². The quantitative estimate of drug-likeness (QED) is 0.778. The number of carbonyl (C=O) groups excluding carboxylic acids is 1. The van der Waals surface area contributed by atoms with Gasteiger partial charge in [-0.25, -0.2) is 4.98 Å². The van der Waals surface area contributed by atoms with Gasteiger partial charge >= 0.3 is 0 Å². The van der Waals surface area contributed by atoms with E-state index >= 15 is 0 Å². The summed E-state index contributed by atoms with van der Waals surface area (Å²) in [6.45, 7) is 11.0. The van der Waals surface area contributed by atoms with Gasteiger partial charge in [-0.05, 0) is 55.6 Å². The van der Waals surface area contributed by atoms with E-state index in [1.54, 1.807) is 6.07 Å². The average molecular weight is 410 g/mol. The Balaban J connectivity index is 1.36. The zero-order chi connectivity index (χ0) is 21.3. The van der Waals surface area contributed by atoms with Crippen molar-refractivity contribution < 1.29 is 4.79 Å². The van der Waals surface area contributed by atoms with Gasteiger partial charge in [0.15, 0.2) is 5.69 Å². The molecule has 3 aliphatic rings. The summed E-state index contributed by atoms with van der Waals surface area (Å²) in [6.07, 6.45) is 7.30. The molecule has 3 fully saturated rings. The molecule has 2 heterocycles. The summed E-state index contributed by atoms with van der Waals surface area (Å²) in [7, 11) is 0. The van der Waals surface area contributed by atoms with Crippen LogP contribution in [0.3, 0.4) is 0 Å². The minimum absolute atomic E-state index is 0.170. The summed E-state index contributed by atoms with van der Waals surface area (Å²) in [4.78, 5) is 21.5. The van der Waals surface area contributed by atoms with Crippen LogP contribution >= 0.6 is 0 Å². The van der Waals surface area contributed by atoms with Crippen LogP contribution in [-0.4, -0.2) is 54.1 Å². The van der Waals surface area contributed by atoms with Crippen molar-refractivity contribution in [1.82, 2.24) is 15.2 Å². The third kappa shape index (κ3) is 4.46. The van der Waals surface area contributed by atoms with Gasteiger partial charge in [-0.15, -0.1) is 0 Å². The lowest BCUT2D eigenvalue weighted by atomic mass is 9.76. The second-order valence-electron chi connectivity index (χ2n) is 9.95. The van der Waals surface area contributed by atoms with Crippen molar-refractivity contribution in [3.05, 3.63) is 23.5 Å². The Morgan fingerprint density at radius 2 is 1.93 bits per heavy atom. The van der Waals surface area contributed by atoms with Crippen molar-refractivity contribution in [2.45, 2.75) is 71.4 Å². The van der Waals surface area contributed by atoms with Crippen LogP contribution in [0.2, 0.25) is 0 Å². The van der Waals surface area contributed by atoms with E-state index in [4.69, 9.17) is 0 Å². The summed E-state index contributed by atoms with van der Waals surface area (Å²) in [6, 6.07) is 6.85. The number of nitriles is 1. The first kappa shape index (κ1) is 21.1. The van der Waals surface area contributed by atoms with Crippen LogP contribution in [0.1, 0.15) is 75.5 Å². The molecule has 1 unspecified atom stereocenters. The van der Waals surface area contributed by atoms with Crippen molar-refractivity contribution in [1.29, 1.82) is 5.26 Å². The first-order valence-electron chi connectivity index (χ1n) is 11.6. The molecular weight excluding hydrogens is 374 g/mol. The molecular formula is C24H35N5O. The van der Waals surface area contributed by atoms with Gasteiger partial charge < -0.3 is 10.2 Å². The summed E-state index contributed by atoms with van der Waals surface area (Å²) in [5, 5.41) is 12.6. The lowest BCUT2D eigenvalue weighted by Crippen LogP contribution is -2.50. The maximum Gasteiger partial charge on any atom is 0.270 e. The molecule has 0 bridgehead atoms. The van der Waals surface area contributed by atoms with E-state index in [0.29, 0.717) is 22.8 Å². The third-order valence-corrected chi connectivity index (χ3v) is 7.72. The topological polar surface area (TPSA) is 72.3 Å².